The molecule has 0 bridgehead atoms. The molecular weight excluding hydrogens is 290 g/mol. The molecule has 8 heteroatoms. The van der Waals surface area contributed by atoms with Crippen LogP contribution < -0.4 is 10.1 Å². The van der Waals surface area contributed by atoms with E-state index in [-0.39, 0.29) is 17.1 Å². The third-order valence-electron chi connectivity index (χ3n) is 3.93. The van der Waals surface area contributed by atoms with Crippen LogP contribution in [0.25, 0.3) is 0 Å². The van der Waals surface area contributed by atoms with Crippen molar-refractivity contribution in [1.29, 1.82) is 0 Å². The first-order valence-corrected chi connectivity index (χ1v) is 8.97. The molecule has 21 heavy (non-hydrogen) atoms. The van der Waals surface area contributed by atoms with Crippen LogP contribution in [0.2, 0.25) is 0 Å². The second-order valence-corrected chi connectivity index (χ2v) is 7.23. The van der Waals surface area contributed by atoms with Crippen LogP contribution in [0.4, 0.5) is 0 Å². The summed E-state index contributed by atoms with van der Waals surface area (Å²) >= 11 is 0. The largest absolute Gasteiger partial charge is 0.313 e. The summed E-state index contributed by atoms with van der Waals surface area (Å²) in [5.41, 5.74) is 0.654. The number of piperidine rings is 1. The standard InChI is InChI=1S/C13H25N5O2S/c1-4-14-8-12-9-15-16-13(12)21(19,20)17-18-10(2)6-5-7-11(18)3/h9-11,14,17H,4-8H2,1-3H3,(H,15,16). The molecule has 0 saturated carbocycles. The molecule has 1 fully saturated rings. The molecular formula is C13H25N5O2S. The predicted molar refractivity (Wildman–Crippen MR) is 80.9 cm³/mol. The highest BCUT2D eigenvalue weighted by atomic mass is 32.2. The zero-order chi connectivity index (χ0) is 15.5. The van der Waals surface area contributed by atoms with Crippen LogP contribution in [0, 0.1) is 0 Å². The van der Waals surface area contributed by atoms with Gasteiger partial charge < -0.3 is 5.32 Å². The number of nitrogens with one attached hydrogen (secondary N) is 3. The topological polar surface area (TPSA) is 90.1 Å². The highest BCUT2D eigenvalue weighted by Gasteiger charge is 2.30. The maximum Gasteiger partial charge on any atom is 0.270 e. The molecule has 2 heterocycles. The Hall–Kier alpha value is -0.960. The van der Waals surface area contributed by atoms with Crippen LogP contribution in [-0.2, 0) is 16.6 Å². The summed E-state index contributed by atoms with van der Waals surface area (Å²) in [6, 6.07) is 0.396. The van der Waals surface area contributed by atoms with Crippen LogP contribution in [0.3, 0.4) is 0 Å². The Morgan fingerprint density at radius 3 is 2.67 bits per heavy atom. The van der Waals surface area contributed by atoms with Gasteiger partial charge in [-0.05, 0) is 33.2 Å². The van der Waals surface area contributed by atoms with Crippen molar-refractivity contribution in [2.45, 2.75) is 63.7 Å². The molecule has 3 N–H and O–H groups in total. The quantitative estimate of drug-likeness (QED) is 0.728. The molecule has 120 valence electrons. The Kier molecular flexibility index (Phi) is 5.37. The first-order chi connectivity index (χ1) is 9.95. The van der Waals surface area contributed by atoms with Crippen molar-refractivity contribution in [2.75, 3.05) is 6.54 Å². The molecule has 1 aromatic rings. The van der Waals surface area contributed by atoms with Gasteiger partial charge in [-0.1, -0.05) is 13.3 Å². The molecule has 1 aliphatic rings. The number of hydrogen-bond acceptors (Lipinski definition) is 5. The molecule has 1 aliphatic heterocycles. The van der Waals surface area contributed by atoms with E-state index in [1.807, 2.05) is 25.8 Å². The van der Waals surface area contributed by atoms with Crippen molar-refractivity contribution in [3.05, 3.63) is 11.8 Å². The Labute approximate surface area is 126 Å². The Morgan fingerprint density at radius 2 is 2.05 bits per heavy atom. The molecule has 2 rings (SSSR count). The monoisotopic (exact) mass is 315 g/mol. The highest BCUT2D eigenvalue weighted by Crippen LogP contribution is 2.22. The summed E-state index contributed by atoms with van der Waals surface area (Å²) in [6.45, 7) is 7.33. The number of rotatable bonds is 6. The van der Waals surface area contributed by atoms with Crippen LogP contribution in [0.1, 0.15) is 45.6 Å². The average Bonchev–Trinajstić information content (AvgIpc) is 2.90. The van der Waals surface area contributed by atoms with Crippen molar-refractivity contribution < 1.29 is 8.42 Å². The zero-order valence-electron chi connectivity index (χ0n) is 12.9. The van der Waals surface area contributed by atoms with Crippen molar-refractivity contribution in [3.8, 4) is 0 Å². The van der Waals surface area contributed by atoms with E-state index >= 15 is 0 Å². The SMILES string of the molecule is CCNCc1cn[nH]c1S(=O)(=O)NN1C(C)CCCC1C. The molecule has 0 amide bonds. The fourth-order valence-electron chi connectivity index (χ4n) is 2.70. The van der Waals surface area contributed by atoms with E-state index < -0.39 is 10.0 Å². The van der Waals surface area contributed by atoms with Gasteiger partial charge in [-0.2, -0.15) is 5.10 Å². The number of hydrazine groups is 1. The van der Waals surface area contributed by atoms with E-state index in [1.165, 1.54) is 0 Å². The number of H-pyrrole nitrogens is 1. The van der Waals surface area contributed by atoms with Gasteiger partial charge in [-0.15, -0.1) is 4.83 Å². The van der Waals surface area contributed by atoms with Crippen molar-refractivity contribution in [1.82, 2.24) is 25.4 Å². The molecule has 2 atom stereocenters. The van der Waals surface area contributed by atoms with Gasteiger partial charge in [0, 0.05) is 24.2 Å². The fourth-order valence-corrected chi connectivity index (χ4v) is 4.07. The van der Waals surface area contributed by atoms with Crippen LogP contribution in [0.15, 0.2) is 11.2 Å². The average molecular weight is 315 g/mol. The van der Waals surface area contributed by atoms with Gasteiger partial charge >= 0.3 is 0 Å². The summed E-state index contributed by atoms with van der Waals surface area (Å²) < 4.78 is 25.2. The van der Waals surface area contributed by atoms with Gasteiger partial charge in [-0.25, -0.2) is 13.4 Å². The third-order valence-corrected chi connectivity index (χ3v) is 5.27. The minimum absolute atomic E-state index is 0.147. The second kappa shape index (κ2) is 6.87. The first-order valence-electron chi connectivity index (χ1n) is 7.49. The van der Waals surface area contributed by atoms with Crippen LogP contribution >= 0.6 is 0 Å². The molecule has 1 saturated heterocycles. The van der Waals surface area contributed by atoms with E-state index in [0.717, 1.165) is 25.8 Å². The van der Waals surface area contributed by atoms with E-state index in [9.17, 15) is 8.42 Å². The van der Waals surface area contributed by atoms with Gasteiger partial charge in [-0.3, -0.25) is 5.10 Å². The van der Waals surface area contributed by atoms with Gasteiger partial charge in [0.2, 0.25) is 0 Å². The number of nitrogens with zero attached hydrogens (tertiary/aromatic N) is 2. The minimum Gasteiger partial charge on any atom is -0.313 e. The number of sulfonamides is 1. The minimum atomic E-state index is -3.63. The Morgan fingerprint density at radius 1 is 1.38 bits per heavy atom. The maximum absolute atomic E-state index is 12.6. The molecule has 2 unspecified atom stereocenters. The lowest BCUT2D eigenvalue weighted by Crippen LogP contribution is -2.54. The third kappa shape index (κ3) is 3.82. The first kappa shape index (κ1) is 16.4. The number of aromatic amines is 1. The summed E-state index contributed by atoms with van der Waals surface area (Å²) in [7, 11) is -3.63. The van der Waals surface area contributed by atoms with E-state index in [4.69, 9.17) is 0 Å². The zero-order valence-corrected chi connectivity index (χ0v) is 13.7. The van der Waals surface area contributed by atoms with Gasteiger partial charge in [0.05, 0.1) is 6.20 Å². The molecule has 1 aromatic heterocycles. The summed E-state index contributed by atoms with van der Waals surface area (Å²) in [6.07, 6.45) is 4.69. The normalized spacial score (nSPS) is 24.3. The lowest BCUT2D eigenvalue weighted by Gasteiger charge is -2.38. The van der Waals surface area contributed by atoms with Crippen LogP contribution in [0.5, 0.6) is 0 Å². The lowest BCUT2D eigenvalue weighted by molar-refractivity contribution is 0.0789. The van der Waals surface area contributed by atoms with Crippen molar-refractivity contribution >= 4 is 10.0 Å². The smallest absolute Gasteiger partial charge is 0.270 e. The maximum atomic E-state index is 12.6. The summed E-state index contributed by atoms with van der Waals surface area (Å²) in [5, 5.41) is 11.6. The lowest BCUT2D eigenvalue weighted by atomic mass is 10.0. The van der Waals surface area contributed by atoms with Crippen molar-refractivity contribution in [3.63, 3.8) is 0 Å². The summed E-state index contributed by atoms with van der Waals surface area (Å²) in [5.74, 6) is 0. The second-order valence-electron chi connectivity index (χ2n) is 5.64. The molecule has 7 nitrogen and oxygen atoms in total. The van der Waals surface area contributed by atoms with Gasteiger partial charge in [0.15, 0.2) is 5.03 Å². The summed E-state index contributed by atoms with van der Waals surface area (Å²) in [4.78, 5) is 2.72. The Bertz CT molecular complexity index is 547. The number of hydrogen-bond donors (Lipinski definition) is 3. The van der Waals surface area contributed by atoms with Crippen LogP contribution in [-0.4, -0.2) is 42.3 Å². The molecule has 0 aliphatic carbocycles. The molecule has 0 radical (unpaired) electrons. The van der Waals surface area contributed by atoms with Gasteiger partial charge in [0.1, 0.15) is 0 Å². The van der Waals surface area contributed by atoms with E-state index in [1.54, 1.807) is 6.20 Å². The molecule has 0 spiro atoms. The Balaban J connectivity index is 2.16. The van der Waals surface area contributed by atoms with Crippen molar-refractivity contribution in [2.24, 2.45) is 0 Å². The fraction of sp³-hybridized carbons (Fsp3) is 0.769. The highest BCUT2D eigenvalue weighted by molar-refractivity contribution is 7.89. The predicted octanol–water partition coefficient (Wildman–Crippen LogP) is 0.975. The van der Waals surface area contributed by atoms with E-state index in [0.29, 0.717) is 12.1 Å². The van der Waals surface area contributed by atoms with E-state index in [2.05, 4.69) is 20.3 Å². The number of aromatic nitrogens is 2. The van der Waals surface area contributed by atoms with Gasteiger partial charge in [0.25, 0.3) is 10.0 Å². The molecule has 0 aromatic carbocycles.